The minimum absolute atomic E-state index is 0.244. The summed E-state index contributed by atoms with van der Waals surface area (Å²) in [6, 6.07) is 0. The molecule has 1 unspecified atom stereocenters. The largest absolute Gasteiger partial charge is 0.444 e. The van der Waals surface area contributed by atoms with E-state index in [-0.39, 0.29) is 6.42 Å². The van der Waals surface area contributed by atoms with Crippen molar-refractivity contribution in [2.45, 2.75) is 65.3 Å². The Kier molecular flexibility index (Phi) is 10.5. The lowest BCUT2D eigenvalue weighted by Gasteiger charge is -2.19. The molecule has 0 heterocycles. The summed E-state index contributed by atoms with van der Waals surface area (Å²) in [7, 11) is 0. The lowest BCUT2D eigenvalue weighted by Crippen LogP contribution is -2.33. The van der Waals surface area contributed by atoms with Gasteiger partial charge in [0, 0.05) is 19.9 Å². The molecule has 1 N–H and O–H groups in total. The molecule has 23 heavy (non-hydrogen) atoms. The molecule has 1 amide bonds. The SMILES string of the molecule is CSC(=O)OC(C)OC(=O)CCCCCNC(=O)OC(C)(C)C. The predicted molar refractivity (Wildman–Crippen MR) is 88.3 cm³/mol. The average molecular weight is 349 g/mol. The molecule has 0 aliphatic heterocycles. The highest BCUT2D eigenvalue weighted by Gasteiger charge is 2.15. The number of carbonyl (C=O) groups is 3. The number of rotatable bonds is 8. The Balaban J connectivity index is 3.63. The van der Waals surface area contributed by atoms with Crippen LogP contribution in [0.25, 0.3) is 0 Å². The fourth-order valence-electron chi connectivity index (χ4n) is 1.53. The summed E-state index contributed by atoms with van der Waals surface area (Å²) < 4.78 is 14.8. The molecule has 0 aliphatic rings. The van der Waals surface area contributed by atoms with Gasteiger partial charge >= 0.3 is 17.4 Å². The lowest BCUT2D eigenvalue weighted by atomic mass is 10.2. The Morgan fingerprint density at radius 3 is 2.30 bits per heavy atom. The molecule has 0 radical (unpaired) electrons. The molecule has 0 saturated heterocycles. The lowest BCUT2D eigenvalue weighted by molar-refractivity contribution is -0.163. The van der Waals surface area contributed by atoms with Crippen LogP contribution in [-0.2, 0) is 19.0 Å². The Hall–Kier alpha value is -1.44. The fourth-order valence-corrected chi connectivity index (χ4v) is 1.76. The van der Waals surface area contributed by atoms with Gasteiger partial charge in [0.1, 0.15) is 5.60 Å². The molecule has 0 saturated carbocycles. The number of esters is 1. The third-order valence-corrected chi connectivity index (χ3v) is 2.88. The van der Waals surface area contributed by atoms with Crippen molar-refractivity contribution >= 4 is 29.1 Å². The summed E-state index contributed by atoms with van der Waals surface area (Å²) in [5, 5.41) is 2.16. The fraction of sp³-hybridized carbons (Fsp3) is 0.800. The van der Waals surface area contributed by atoms with Gasteiger partial charge < -0.3 is 19.5 Å². The maximum Gasteiger partial charge on any atom is 0.407 e. The van der Waals surface area contributed by atoms with Crippen LogP contribution in [-0.4, -0.2) is 42.1 Å². The maximum atomic E-state index is 11.5. The number of alkyl carbamates (subject to hydrolysis) is 1. The van der Waals surface area contributed by atoms with E-state index in [1.807, 2.05) is 0 Å². The molecular formula is C15H27NO6S. The van der Waals surface area contributed by atoms with E-state index in [1.165, 1.54) is 6.92 Å². The Morgan fingerprint density at radius 1 is 1.09 bits per heavy atom. The minimum atomic E-state index is -0.878. The highest BCUT2D eigenvalue weighted by atomic mass is 32.2. The number of hydrogen-bond acceptors (Lipinski definition) is 7. The minimum Gasteiger partial charge on any atom is -0.444 e. The molecule has 0 aliphatic carbocycles. The number of amides is 1. The standard InChI is InChI=1S/C15H27NO6S/c1-11(21-14(19)23-5)20-12(17)9-7-6-8-10-16-13(18)22-15(2,3)4/h11H,6-10H2,1-5H3,(H,16,18). The zero-order valence-electron chi connectivity index (χ0n) is 14.5. The van der Waals surface area contributed by atoms with Crippen LogP contribution in [0.5, 0.6) is 0 Å². The van der Waals surface area contributed by atoms with E-state index in [9.17, 15) is 14.4 Å². The van der Waals surface area contributed by atoms with Crippen molar-refractivity contribution < 1.29 is 28.6 Å². The smallest absolute Gasteiger partial charge is 0.407 e. The summed E-state index contributed by atoms with van der Waals surface area (Å²) in [5.74, 6) is -0.411. The van der Waals surface area contributed by atoms with E-state index < -0.39 is 29.3 Å². The van der Waals surface area contributed by atoms with Gasteiger partial charge in [0.2, 0.25) is 6.29 Å². The average Bonchev–Trinajstić information content (AvgIpc) is 2.40. The van der Waals surface area contributed by atoms with Crippen molar-refractivity contribution in [2.24, 2.45) is 0 Å². The molecule has 0 aromatic carbocycles. The van der Waals surface area contributed by atoms with Crippen LogP contribution in [0.3, 0.4) is 0 Å². The predicted octanol–water partition coefficient (Wildman–Crippen LogP) is 3.46. The quantitative estimate of drug-likeness (QED) is 0.407. The molecule has 0 aromatic heterocycles. The second-order valence-corrected chi connectivity index (χ2v) is 6.61. The molecule has 1 atom stereocenters. The molecule has 0 spiro atoms. The highest BCUT2D eigenvalue weighted by molar-refractivity contribution is 8.12. The van der Waals surface area contributed by atoms with E-state index in [2.05, 4.69) is 5.32 Å². The van der Waals surface area contributed by atoms with Crippen molar-refractivity contribution in [2.75, 3.05) is 12.8 Å². The van der Waals surface area contributed by atoms with Crippen molar-refractivity contribution in [3.05, 3.63) is 0 Å². The topological polar surface area (TPSA) is 90.9 Å². The summed E-state index contributed by atoms with van der Waals surface area (Å²) in [5.41, 5.74) is -0.510. The summed E-state index contributed by atoms with van der Waals surface area (Å²) in [6.45, 7) is 7.39. The van der Waals surface area contributed by atoms with E-state index in [4.69, 9.17) is 14.2 Å². The summed E-state index contributed by atoms with van der Waals surface area (Å²) in [6.07, 6.45) is 2.65. The number of carbonyl (C=O) groups excluding carboxylic acids is 3. The first-order valence-corrected chi connectivity index (χ1v) is 8.77. The molecule has 8 heteroatoms. The van der Waals surface area contributed by atoms with Crippen molar-refractivity contribution in [1.82, 2.24) is 5.32 Å². The number of hydrogen-bond donors (Lipinski definition) is 1. The van der Waals surface area contributed by atoms with Crippen LogP contribution in [0.15, 0.2) is 0 Å². The molecule has 0 rings (SSSR count). The van der Waals surface area contributed by atoms with Gasteiger partial charge in [0.05, 0.1) is 0 Å². The van der Waals surface area contributed by atoms with Gasteiger partial charge in [-0.15, -0.1) is 0 Å². The number of nitrogens with one attached hydrogen (secondary N) is 1. The summed E-state index contributed by atoms with van der Waals surface area (Å²) >= 11 is 0.916. The van der Waals surface area contributed by atoms with E-state index in [1.54, 1.807) is 27.0 Å². The molecule has 0 aromatic rings. The van der Waals surface area contributed by atoms with Crippen LogP contribution < -0.4 is 5.32 Å². The molecule has 0 fully saturated rings. The van der Waals surface area contributed by atoms with Crippen molar-refractivity contribution in [1.29, 1.82) is 0 Å². The Bertz CT molecular complexity index is 394. The third-order valence-electron chi connectivity index (χ3n) is 2.45. The van der Waals surface area contributed by atoms with Gasteiger partial charge in [-0.05, 0) is 51.6 Å². The number of thioether (sulfide) groups is 1. The van der Waals surface area contributed by atoms with Gasteiger partial charge in [-0.2, -0.15) is 0 Å². The second-order valence-electron chi connectivity index (χ2n) is 5.87. The van der Waals surface area contributed by atoms with E-state index in [0.29, 0.717) is 13.0 Å². The van der Waals surface area contributed by atoms with Gasteiger partial charge in [-0.1, -0.05) is 6.42 Å². The Morgan fingerprint density at radius 2 is 1.74 bits per heavy atom. The van der Waals surface area contributed by atoms with Crippen LogP contribution >= 0.6 is 11.8 Å². The maximum absolute atomic E-state index is 11.5. The first kappa shape index (κ1) is 21.6. The first-order valence-electron chi connectivity index (χ1n) is 7.55. The normalized spacial score (nSPS) is 12.2. The molecule has 7 nitrogen and oxygen atoms in total. The highest BCUT2D eigenvalue weighted by Crippen LogP contribution is 2.08. The van der Waals surface area contributed by atoms with Crippen LogP contribution in [0.2, 0.25) is 0 Å². The van der Waals surface area contributed by atoms with Gasteiger partial charge in [-0.3, -0.25) is 4.79 Å². The van der Waals surface area contributed by atoms with Gasteiger partial charge in [0.15, 0.2) is 0 Å². The monoisotopic (exact) mass is 349 g/mol. The van der Waals surface area contributed by atoms with Crippen LogP contribution in [0, 0.1) is 0 Å². The van der Waals surface area contributed by atoms with E-state index >= 15 is 0 Å². The first-order chi connectivity index (χ1) is 10.6. The number of ether oxygens (including phenoxy) is 3. The molecular weight excluding hydrogens is 322 g/mol. The zero-order chi connectivity index (χ0) is 17.9. The third kappa shape index (κ3) is 13.9. The van der Waals surface area contributed by atoms with Gasteiger partial charge in [-0.25, -0.2) is 9.59 Å². The zero-order valence-corrected chi connectivity index (χ0v) is 15.3. The van der Waals surface area contributed by atoms with Gasteiger partial charge in [0.25, 0.3) is 0 Å². The summed E-state index contributed by atoms with van der Waals surface area (Å²) in [4.78, 5) is 33.9. The Labute approximate surface area is 141 Å². The molecule has 134 valence electrons. The van der Waals surface area contributed by atoms with Crippen molar-refractivity contribution in [3.63, 3.8) is 0 Å². The van der Waals surface area contributed by atoms with Crippen LogP contribution in [0.4, 0.5) is 9.59 Å². The van der Waals surface area contributed by atoms with E-state index in [0.717, 1.165) is 24.6 Å². The molecule has 0 bridgehead atoms. The van der Waals surface area contributed by atoms with Crippen LogP contribution in [0.1, 0.15) is 53.4 Å². The second kappa shape index (κ2) is 11.2. The van der Waals surface area contributed by atoms with Crippen molar-refractivity contribution in [3.8, 4) is 0 Å². The number of unbranched alkanes of at least 4 members (excludes halogenated alkanes) is 2.